The Balaban J connectivity index is 1.46. The molecule has 3 heterocycles. The van der Waals surface area contributed by atoms with Crippen LogP contribution in [0.4, 0.5) is 0 Å². The van der Waals surface area contributed by atoms with Gasteiger partial charge in [-0.05, 0) is 32.1 Å². The van der Waals surface area contributed by atoms with Gasteiger partial charge in [0.2, 0.25) is 15.8 Å². The first-order valence-corrected chi connectivity index (χ1v) is 9.91. The Morgan fingerprint density at radius 2 is 2.04 bits per heavy atom. The normalized spacial score (nSPS) is 28.2. The summed E-state index contributed by atoms with van der Waals surface area (Å²) >= 11 is 0. The van der Waals surface area contributed by atoms with Crippen molar-refractivity contribution in [2.45, 2.75) is 44.1 Å². The maximum Gasteiger partial charge on any atom is 0.292 e. The summed E-state index contributed by atoms with van der Waals surface area (Å²) in [6.45, 7) is 1.66. The number of rotatable bonds is 3. The molecule has 1 aromatic heterocycles. The molecule has 1 saturated carbocycles. The van der Waals surface area contributed by atoms with Gasteiger partial charge < -0.3 is 9.42 Å². The minimum Gasteiger partial charge on any atom is -0.351 e. The third-order valence-electron chi connectivity index (χ3n) is 4.96. The second kappa shape index (κ2) is 5.59. The largest absolute Gasteiger partial charge is 0.351 e. The number of amides is 1. The summed E-state index contributed by atoms with van der Waals surface area (Å²) in [5.74, 6) is 0.774. The molecule has 4 rings (SSSR count). The van der Waals surface area contributed by atoms with E-state index in [1.165, 1.54) is 0 Å². The summed E-state index contributed by atoms with van der Waals surface area (Å²) in [4.78, 5) is 14.3. The van der Waals surface area contributed by atoms with Crippen LogP contribution in [0, 0.1) is 0 Å². The lowest BCUT2D eigenvalue weighted by molar-refractivity contribution is 0.0617. The molecule has 126 valence electrons. The van der Waals surface area contributed by atoms with Crippen LogP contribution >= 0.6 is 0 Å². The lowest BCUT2D eigenvalue weighted by atomic mass is 10.1. The van der Waals surface area contributed by atoms with Gasteiger partial charge in [-0.25, -0.2) is 8.42 Å². The van der Waals surface area contributed by atoms with Crippen molar-refractivity contribution in [2.24, 2.45) is 0 Å². The van der Waals surface area contributed by atoms with Gasteiger partial charge in [0.1, 0.15) is 0 Å². The Morgan fingerprint density at radius 1 is 1.22 bits per heavy atom. The molecule has 2 saturated heterocycles. The van der Waals surface area contributed by atoms with Gasteiger partial charge in [-0.3, -0.25) is 4.79 Å². The van der Waals surface area contributed by atoms with Crippen LogP contribution in [-0.4, -0.2) is 60.1 Å². The van der Waals surface area contributed by atoms with Crippen molar-refractivity contribution >= 4 is 15.9 Å². The molecule has 1 aromatic rings. The van der Waals surface area contributed by atoms with Crippen LogP contribution in [0.5, 0.6) is 0 Å². The summed E-state index contributed by atoms with van der Waals surface area (Å²) in [6, 6.07) is 1.64. The highest BCUT2D eigenvalue weighted by Gasteiger charge is 2.38. The van der Waals surface area contributed by atoms with Crippen LogP contribution in [0.2, 0.25) is 0 Å². The lowest BCUT2D eigenvalue weighted by Gasteiger charge is -2.36. The molecule has 3 fully saturated rings. The Hall–Kier alpha value is -1.41. The van der Waals surface area contributed by atoms with E-state index in [4.69, 9.17) is 4.52 Å². The van der Waals surface area contributed by atoms with Crippen molar-refractivity contribution in [3.63, 3.8) is 0 Å². The monoisotopic (exact) mass is 339 g/mol. The number of nitrogens with zero attached hydrogens (tertiary/aromatic N) is 3. The maximum absolute atomic E-state index is 12.6. The molecule has 1 amide bonds. The van der Waals surface area contributed by atoms with E-state index in [0.29, 0.717) is 32.0 Å². The zero-order valence-electron chi connectivity index (χ0n) is 13.0. The van der Waals surface area contributed by atoms with Gasteiger partial charge >= 0.3 is 0 Å². The Morgan fingerprint density at radius 3 is 2.74 bits per heavy atom. The van der Waals surface area contributed by atoms with E-state index < -0.39 is 10.0 Å². The molecule has 8 heteroatoms. The first-order valence-electron chi connectivity index (χ1n) is 8.30. The van der Waals surface area contributed by atoms with Gasteiger partial charge in [0.05, 0.1) is 11.4 Å². The second-order valence-corrected chi connectivity index (χ2v) is 8.76. The van der Waals surface area contributed by atoms with Crippen molar-refractivity contribution in [3.8, 4) is 0 Å². The third kappa shape index (κ3) is 2.89. The molecule has 23 heavy (non-hydrogen) atoms. The van der Waals surface area contributed by atoms with E-state index in [-0.39, 0.29) is 23.5 Å². The van der Waals surface area contributed by atoms with Gasteiger partial charge in [-0.15, -0.1) is 0 Å². The number of likely N-dealkylation sites (tertiary alicyclic amines) is 1. The Bertz CT molecular complexity index is 710. The maximum atomic E-state index is 12.6. The van der Waals surface area contributed by atoms with Crippen molar-refractivity contribution in [2.75, 3.05) is 25.4 Å². The van der Waals surface area contributed by atoms with Crippen molar-refractivity contribution in [1.29, 1.82) is 0 Å². The molecular weight excluding hydrogens is 318 g/mol. The fraction of sp³-hybridized carbons (Fsp3) is 0.733. The summed E-state index contributed by atoms with van der Waals surface area (Å²) in [5, 5.41) is 3.98. The fourth-order valence-corrected chi connectivity index (χ4v) is 5.32. The molecule has 0 spiro atoms. The van der Waals surface area contributed by atoms with Crippen LogP contribution in [0.1, 0.15) is 54.3 Å². The molecular formula is C15H21N3O4S. The van der Waals surface area contributed by atoms with Crippen molar-refractivity contribution in [1.82, 2.24) is 14.4 Å². The molecule has 1 unspecified atom stereocenters. The van der Waals surface area contributed by atoms with Crippen molar-refractivity contribution in [3.05, 3.63) is 17.5 Å². The number of carbonyl (C=O) groups is 1. The number of aromatic nitrogens is 1. The molecule has 0 N–H and O–H groups in total. The van der Waals surface area contributed by atoms with E-state index in [9.17, 15) is 13.2 Å². The smallest absolute Gasteiger partial charge is 0.292 e. The summed E-state index contributed by atoms with van der Waals surface area (Å²) in [5.41, 5.74) is 0.865. The molecule has 7 nitrogen and oxygen atoms in total. The quantitative estimate of drug-likeness (QED) is 0.826. The van der Waals surface area contributed by atoms with Gasteiger partial charge in [0.25, 0.3) is 5.91 Å². The molecule has 3 aliphatic rings. The van der Waals surface area contributed by atoms with Crippen LogP contribution in [0.25, 0.3) is 0 Å². The summed E-state index contributed by atoms with van der Waals surface area (Å²) < 4.78 is 31.0. The predicted molar refractivity (Wildman–Crippen MR) is 82.5 cm³/mol. The zero-order valence-corrected chi connectivity index (χ0v) is 13.8. The molecule has 1 atom stereocenters. The molecule has 0 bridgehead atoms. The molecule has 0 radical (unpaired) electrons. The van der Waals surface area contributed by atoms with Crippen LogP contribution in [0.15, 0.2) is 10.6 Å². The molecule has 0 aromatic carbocycles. The van der Waals surface area contributed by atoms with E-state index >= 15 is 0 Å². The number of sulfonamides is 1. The highest BCUT2D eigenvalue weighted by Crippen LogP contribution is 2.39. The van der Waals surface area contributed by atoms with E-state index in [1.54, 1.807) is 15.3 Å². The summed E-state index contributed by atoms with van der Waals surface area (Å²) in [6.07, 6.45) is 4.52. The lowest BCUT2D eigenvalue weighted by Crippen LogP contribution is -2.50. The number of hydrogen-bond donors (Lipinski definition) is 0. The van der Waals surface area contributed by atoms with Gasteiger partial charge in [-0.1, -0.05) is 5.16 Å². The molecule has 2 aliphatic heterocycles. The predicted octanol–water partition coefficient (Wildman–Crippen LogP) is 1.19. The van der Waals surface area contributed by atoms with E-state index in [1.807, 2.05) is 0 Å². The highest BCUT2D eigenvalue weighted by molar-refractivity contribution is 7.89. The number of carbonyl (C=O) groups excluding carboxylic acids is 1. The first-order chi connectivity index (χ1) is 11.0. The number of hydrogen-bond acceptors (Lipinski definition) is 5. The SMILES string of the molecule is O=C(c1cc(C2CC2)no1)N1CCCC(N2CCCS2(=O)=O)C1. The van der Waals surface area contributed by atoms with E-state index in [2.05, 4.69) is 5.16 Å². The van der Waals surface area contributed by atoms with Gasteiger partial charge in [0, 0.05) is 37.7 Å². The average Bonchev–Trinajstić information content (AvgIpc) is 3.16. The number of piperidine rings is 1. The standard InChI is InChI=1S/C15H21N3O4S/c19-15(14-9-13(16-22-14)11-4-5-11)17-6-1-3-12(10-17)18-7-2-8-23(18,20)21/h9,11-12H,1-8,10H2. The average molecular weight is 339 g/mol. The zero-order chi connectivity index (χ0) is 16.0. The van der Waals surface area contributed by atoms with Gasteiger partial charge in [-0.2, -0.15) is 4.31 Å². The fourth-order valence-electron chi connectivity index (χ4n) is 3.56. The van der Waals surface area contributed by atoms with Crippen LogP contribution < -0.4 is 0 Å². The molecule has 1 aliphatic carbocycles. The topological polar surface area (TPSA) is 83.7 Å². The minimum atomic E-state index is -3.14. The first kappa shape index (κ1) is 15.1. The Labute approximate surface area is 135 Å². The highest BCUT2D eigenvalue weighted by atomic mass is 32.2. The van der Waals surface area contributed by atoms with Gasteiger partial charge in [0.15, 0.2) is 0 Å². The summed E-state index contributed by atoms with van der Waals surface area (Å²) in [7, 11) is -3.14. The van der Waals surface area contributed by atoms with Crippen molar-refractivity contribution < 1.29 is 17.7 Å². The van der Waals surface area contributed by atoms with Crippen LogP contribution in [0.3, 0.4) is 0 Å². The minimum absolute atomic E-state index is 0.106. The van der Waals surface area contributed by atoms with Crippen LogP contribution in [-0.2, 0) is 10.0 Å². The third-order valence-corrected chi connectivity index (χ3v) is 6.96. The van der Waals surface area contributed by atoms with E-state index in [0.717, 1.165) is 31.4 Å². The second-order valence-electron chi connectivity index (χ2n) is 6.72. The Kier molecular flexibility index (Phi) is 3.68.